The van der Waals surface area contributed by atoms with Gasteiger partial charge >= 0.3 is 0 Å². The van der Waals surface area contributed by atoms with Crippen LogP contribution in [0, 0.1) is 0 Å². The summed E-state index contributed by atoms with van der Waals surface area (Å²) in [5, 5.41) is 15.4. The lowest BCUT2D eigenvalue weighted by molar-refractivity contribution is 0.0607. The van der Waals surface area contributed by atoms with E-state index in [-0.39, 0.29) is 35.3 Å². The lowest BCUT2D eigenvalue weighted by Gasteiger charge is -2.39. The standard InChI is InChI=1S/C26H33ClN8O4S/c1-40(38,39)31-20-6-5-16(27)10-19(20)26(37)34-8-3-2-4-22(34)21-11-24-29-23(32-9-7-18(36)15-32)12-25(35(24)30-21)33-13-17(28)14-33/h5-6,10-12,17-18,22,31,36H,2-4,7-9,13-15,28H2,1H3. The Bertz CT molecular complexity index is 1560. The van der Waals surface area contributed by atoms with Crippen molar-refractivity contribution in [3.63, 3.8) is 0 Å². The van der Waals surface area contributed by atoms with Crippen LogP contribution in [0.1, 0.15) is 47.8 Å². The van der Waals surface area contributed by atoms with Gasteiger partial charge in [0.05, 0.1) is 35.3 Å². The monoisotopic (exact) mass is 588 g/mol. The van der Waals surface area contributed by atoms with Gasteiger partial charge in [0.2, 0.25) is 10.0 Å². The zero-order valence-corrected chi connectivity index (χ0v) is 23.8. The number of benzene rings is 1. The molecule has 6 rings (SSSR count). The molecule has 3 aromatic rings. The van der Waals surface area contributed by atoms with Crippen molar-refractivity contribution in [1.82, 2.24) is 19.5 Å². The summed E-state index contributed by atoms with van der Waals surface area (Å²) in [5.74, 6) is 1.33. The highest BCUT2D eigenvalue weighted by Gasteiger charge is 2.34. The van der Waals surface area contributed by atoms with E-state index in [1.807, 2.05) is 16.6 Å². The van der Waals surface area contributed by atoms with Gasteiger partial charge in [-0.3, -0.25) is 9.52 Å². The minimum atomic E-state index is -3.61. The second-order valence-electron chi connectivity index (χ2n) is 10.9. The lowest BCUT2D eigenvalue weighted by Crippen LogP contribution is -2.56. The second kappa shape index (κ2) is 10.4. The smallest absolute Gasteiger partial charge is 0.256 e. The zero-order chi connectivity index (χ0) is 28.2. The molecule has 3 saturated heterocycles. The molecule has 1 aromatic carbocycles. The van der Waals surface area contributed by atoms with Gasteiger partial charge in [-0.25, -0.2) is 13.4 Å². The summed E-state index contributed by atoms with van der Waals surface area (Å²) >= 11 is 6.23. The summed E-state index contributed by atoms with van der Waals surface area (Å²) < 4.78 is 28.2. The number of aliphatic hydroxyl groups excluding tert-OH is 1. The number of fused-ring (bicyclic) bond motifs is 1. The first-order valence-corrected chi connectivity index (χ1v) is 15.8. The van der Waals surface area contributed by atoms with Gasteiger partial charge < -0.3 is 25.5 Å². The van der Waals surface area contributed by atoms with Crippen LogP contribution in [0.15, 0.2) is 30.3 Å². The molecule has 2 unspecified atom stereocenters. The molecule has 0 aliphatic carbocycles. The van der Waals surface area contributed by atoms with Gasteiger partial charge in [-0.1, -0.05) is 11.6 Å². The van der Waals surface area contributed by atoms with Crippen molar-refractivity contribution < 1.29 is 18.3 Å². The Morgan fingerprint density at radius 2 is 1.90 bits per heavy atom. The average Bonchev–Trinajstić information content (AvgIpc) is 3.52. The molecule has 40 heavy (non-hydrogen) atoms. The number of hydrogen-bond acceptors (Lipinski definition) is 9. The van der Waals surface area contributed by atoms with E-state index in [9.17, 15) is 18.3 Å². The molecule has 5 heterocycles. The number of anilines is 3. The summed E-state index contributed by atoms with van der Waals surface area (Å²) in [6.07, 6.45) is 3.81. The fourth-order valence-corrected chi connectivity index (χ4v) is 6.53. The van der Waals surface area contributed by atoms with E-state index in [4.69, 9.17) is 27.4 Å². The van der Waals surface area contributed by atoms with E-state index in [1.165, 1.54) is 12.1 Å². The normalized spacial score (nSPS) is 22.1. The summed E-state index contributed by atoms with van der Waals surface area (Å²) in [6, 6.07) is 8.23. The van der Waals surface area contributed by atoms with Gasteiger partial charge in [0.1, 0.15) is 11.6 Å². The van der Waals surface area contributed by atoms with E-state index < -0.39 is 10.0 Å². The fraction of sp³-hybridized carbons (Fsp3) is 0.500. The molecule has 1 amide bonds. The Morgan fingerprint density at radius 1 is 1.10 bits per heavy atom. The maximum absolute atomic E-state index is 13.9. The average molecular weight is 589 g/mol. The minimum Gasteiger partial charge on any atom is -0.391 e. The molecule has 0 radical (unpaired) electrons. The summed E-state index contributed by atoms with van der Waals surface area (Å²) in [5.41, 5.74) is 7.84. The van der Waals surface area contributed by atoms with Gasteiger partial charge in [0.15, 0.2) is 5.65 Å². The number of aromatic nitrogens is 3. The highest BCUT2D eigenvalue weighted by atomic mass is 35.5. The first-order valence-electron chi connectivity index (χ1n) is 13.5. The van der Waals surface area contributed by atoms with Crippen molar-refractivity contribution in [2.24, 2.45) is 5.73 Å². The van der Waals surface area contributed by atoms with Gasteiger partial charge in [-0.2, -0.15) is 9.61 Å². The first-order chi connectivity index (χ1) is 19.1. The molecular weight excluding hydrogens is 556 g/mol. The highest BCUT2D eigenvalue weighted by Crippen LogP contribution is 2.36. The SMILES string of the molecule is CS(=O)(=O)Nc1ccc(Cl)cc1C(=O)N1CCCCC1c1cc2nc(N3CCC(O)C3)cc(N3CC(N)C3)n2n1. The Hall–Kier alpha value is -3.13. The number of rotatable bonds is 6. The third kappa shape index (κ3) is 5.30. The molecule has 3 aliphatic heterocycles. The van der Waals surface area contributed by atoms with Crippen molar-refractivity contribution >= 4 is 50.5 Å². The number of carbonyl (C=O) groups excluding carboxylic acids is 1. The maximum Gasteiger partial charge on any atom is 0.256 e. The lowest BCUT2D eigenvalue weighted by atomic mass is 9.98. The molecule has 2 atom stereocenters. The van der Waals surface area contributed by atoms with Crippen LogP contribution >= 0.6 is 11.6 Å². The van der Waals surface area contributed by atoms with E-state index in [0.29, 0.717) is 55.4 Å². The summed E-state index contributed by atoms with van der Waals surface area (Å²) in [7, 11) is -3.61. The number of piperidine rings is 1. The molecule has 4 N–H and O–H groups in total. The number of β-amino-alcohol motifs (C(OH)–C–C–N with tert-alkyl or cyclic N) is 1. The molecule has 0 spiro atoms. The van der Waals surface area contributed by atoms with Crippen molar-refractivity contribution in [1.29, 1.82) is 0 Å². The minimum absolute atomic E-state index is 0.0919. The number of halogens is 1. The van der Waals surface area contributed by atoms with E-state index in [2.05, 4.69) is 14.5 Å². The van der Waals surface area contributed by atoms with Crippen LogP contribution in [0.2, 0.25) is 5.02 Å². The number of hydrogen-bond donors (Lipinski definition) is 3. The van der Waals surface area contributed by atoms with E-state index >= 15 is 0 Å². The Kier molecular flexibility index (Phi) is 7.01. The van der Waals surface area contributed by atoms with Crippen molar-refractivity contribution in [3.8, 4) is 0 Å². The van der Waals surface area contributed by atoms with Crippen molar-refractivity contribution in [3.05, 3.63) is 46.6 Å². The third-order valence-electron chi connectivity index (χ3n) is 7.75. The maximum atomic E-state index is 13.9. The third-order valence-corrected chi connectivity index (χ3v) is 8.57. The molecule has 14 heteroatoms. The van der Waals surface area contributed by atoms with E-state index in [0.717, 1.165) is 37.3 Å². The number of nitrogens with zero attached hydrogens (tertiary/aromatic N) is 6. The van der Waals surface area contributed by atoms with Crippen LogP contribution in [0.25, 0.3) is 5.65 Å². The highest BCUT2D eigenvalue weighted by molar-refractivity contribution is 7.92. The van der Waals surface area contributed by atoms with Gasteiger partial charge in [0.25, 0.3) is 5.91 Å². The Morgan fingerprint density at radius 3 is 2.60 bits per heavy atom. The van der Waals surface area contributed by atoms with Crippen LogP contribution in [0.3, 0.4) is 0 Å². The molecule has 3 fully saturated rings. The fourth-order valence-electron chi connectivity index (χ4n) is 5.78. The number of likely N-dealkylation sites (tertiary alicyclic amines) is 1. The van der Waals surface area contributed by atoms with Crippen molar-refractivity contribution in [2.45, 2.75) is 43.9 Å². The first kappa shape index (κ1) is 27.1. The zero-order valence-electron chi connectivity index (χ0n) is 22.2. The van der Waals surface area contributed by atoms with Gasteiger partial charge in [-0.15, -0.1) is 0 Å². The Labute approximate surface area is 237 Å². The van der Waals surface area contributed by atoms with E-state index in [1.54, 1.807) is 11.0 Å². The van der Waals surface area contributed by atoms with Crippen LogP contribution in [-0.4, -0.2) is 90.1 Å². The van der Waals surface area contributed by atoms with Crippen LogP contribution < -0.4 is 20.3 Å². The molecular formula is C26H33ClN8O4S. The molecule has 2 aromatic heterocycles. The quantitative estimate of drug-likeness (QED) is 0.392. The predicted octanol–water partition coefficient (Wildman–Crippen LogP) is 1.84. The number of nitrogens with two attached hydrogens (primary N) is 1. The Balaban J connectivity index is 1.38. The number of amides is 1. The van der Waals surface area contributed by atoms with Crippen LogP contribution in [0.4, 0.5) is 17.3 Å². The van der Waals surface area contributed by atoms with Gasteiger partial charge in [0, 0.05) is 55.9 Å². The van der Waals surface area contributed by atoms with Crippen LogP contribution in [0.5, 0.6) is 0 Å². The van der Waals surface area contributed by atoms with Gasteiger partial charge in [-0.05, 0) is 43.9 Å². The topological polar surface area (TPSA) is 149 Å². The molecule has 214 valence electrons. The number of sulfonamides is 1. The van der Waals surface area contributed by atoms with Crippen LogP contribution in [-0.2, 0) is 10.0 Å². The number of nitrogens with one attached hydrogen (secondary N) is 1. The predicted molar refractivity (Wildman–Crippen MR) is 154 cm³/mol. The van der Waals surface area contributed by atoms with Crippen molar-refractivity contribution in [2.75, 3.05) is 53.5 Å². The summed E-state index contributed by atoms with van der Waals surface area (Å²) in [4.78, 5) is 24.8. The molecule has 0 bridgehead atoms. The molecule has 0 saturated carbocycles. The largest absolute Gasteiger partial charge is 0.391 e. The molecule has 3 aliphatic rings. The number of aliphatic hydroxyl groups is 1. The second-order valence-corrected chi connectivity index (χ2v) is 13.1. The number of carbonyl (C=O) groups is 1. The summed E-state index contributed by atoms with van der Waals surface area (Å²) in [6.45, 7) is 3.15. The molecule has 12 nitrogen and oxygen atoms in total.